The van der Waals surface area contributed by atoms with Crippen molar-refractivity contribution in [3.05, 3.63) is 107 Å². The van der Waals surface area contributed by atoms with Crippen LogP contribution >= 0.6 is 0 Å². The van der Waals surface area contributed by atoms with Gasteiger partial charge in [-0.3, -0.25) is 19.3 Å². The van der Waals surface area contributed by atoms with Gasteiger partial charge in [-0.2, -0.15) is 0 Å². The quantitative estimate of drug-likeness (QED) is 0.339. The Bertz CT molecular complexity index is 1810. The summed E-state index contributed by atoms with van der Waals surface area (Å²) < 4.78 is 0. The van der Waals surface area contributed by atoms with E-state index < -0.39 is 16.9 Å². The Morgan fingerprint density at radius 3 is 2.48 bits per heavy atom. The Kier molecular flexibility index (Phi) is 4.65. The highest BCUT2D eigenvalue weighted by Crippen LogP contribution is 2.68. The number of rotatable bonds is 2. The molecule has 4 aromatic carbocycles. The number of carbonyl (C=O) groups is 3. The van der Waals surface area contributed by atoms with Gasteiger partial charge in [0.05, 0.1) is 5.92 Å². The van der Waals surface area contributed by atoms with E-state index in [9.17, 15) is 14.4 Å². The number of amides is 2. The summed E-state index contributed by atoms with van der Waals surface area (Å²) in [5, 5.41) is 8.35. The second-order valence-electron chi connectivity index (χ2n) is 11.7. The van der Waals surface area contributed by atoms with Crippen molar-refractivity contribution in [3.8, 4) is 0 Å². The van der Waals surface area contributed by atoms with Crippen LogP contribution in [0.3, 0.4) is 0 Å². The van der Waals surface area contributed by atoms with Crippen LogP contribution < -0.4 is 10.6 Å². The van der Waals surface area contributed by atoms with Crippen molar-refractivity contribution >= 4 is 39.7 Å². The van der Waals surface area contributed by atoms with Crippen LogP contribution in [-0.4, -0.2) is 35.1 Å². The van der Waals surface area contributed by atoms with Crippen molar-refractivity contribution in [2.75, 3.05) is 17.2 Å². The summed E-state index contributed by atoms with van der Waals surface area (Å²) in [6.07, 6.45) is 1.61. The Morgan fingerprint density at radius 1 is 0.850 bits per heavy atom. The van der Waals surface area contributed by atoms with Crippen molar-refractivity contribution in [2.24, 2.45) is 5.92 Å². The van der Waals surface area contributed by atoms with Crippen LogP contribution in [-0.2, 0) is 20.5 Å². The van der Waals surface area contributed by atoms with Gasteiger partial charge in [0.25, 0.3) is 5.91 Å². The van der Waals surface area contributed by atoms with Crippen LogP contribution in [0.15, 0.2) is 78.9 Å². The molecule has 6 heteroatoms. The molecule has 40 heavy (non-hydrogen) atoms. The monoisotopic (exact) mass is 527 g/mol. The molecule has 4 aliphatic rings. The van der Waals surface area contributed by atoms with E-state index in [1.54, 1.807) is 0 Å². The summed E-state index contributed by atoms with van der Waals surface area (Å²) in [6.45, 7) is 4.68. The number of fused-ring (bicyclic) bond motifs is 8. The van der Waals surface area contributed by atoms with E-state index >= 15 is 0 Å². The van der Waals surface area contributed by atoms with Crippen molar-refractivity contribution in [1.82, 2.24) is 4.90 Å². The van der Waals surface area contributed by atoms with Crippen LogP contribution in [0.1, 0.15) is 45.5 Å². The van der Waals surface area contributed by atoms with Crippen LogP contribution in [0.5, 0.6) is 0 Å². The zero-order valence-electron chi connectivity index (χ0n) is 22.5. The minimum atomic E-state index is -1.42. The van der Waals surface area contributed by atoms with Gasteiger partial charge in [-0.15, -0.1) is 0 Å². The molecule has 0 saturated carbocycles. The molecule has 4 atom stereocenters. The molecule has 6 nitrogen and oxygen atoms in total. The average molecular weight is 528 g/mol. The van der Waals surface area contributed by atoms with Crippen molar-refractivity contribution in [2.45, 2.75) is 43.7 Å². The largest absolute Gasteiger partial charge is 0.325 e. The molecule has 0 aromatic heterocycles. The molecule has 2 fully saturated rings. The third-order valence-electron chi connectivity index (χ3n) is 10.1. The Hall–Kier alpha value is -4.29. The van der Waals surface area contributed by atoms with Gasteiger partial charge < -0.3 is 10.6 Å². The maximum atomic E-state index is 14.9. The fourth-order valence-electron chi connectivity index (χ4n) is 8.42. The van der Waals surface area contributed by atoms with E-state index in [-0.39, 0.29) is 23.6 Å². The van der Waals surface area contributed by atoms with Gasteiger partial charge in [-0.1, -0.05) is 66.7 Å². The molecular weight excluding hydrogens is 498 g/mol. The number of carbonyl (C=O) groups excluding carboxylic acids is 3. The van der Waals surface area contributed by atoms with Crippen molar-refractivity contribution in [1.29, 1.82) is 0 Å². The summed E-state index contributed by atoms with van der Waals surface area (Å²) in [4.78, 5) is 46.4. The first-order chi connectivity index (χ1) is 19.4. The molecule has 0 radical (unpaired) electrons. The number of nitrogens with zero attached hydrogens (tertiary/aromatic N) is 1. The van der Waals surface area contributed by atoms with E-state index in [4.69, 9.17) is 0 Å². The SMILES string of the molecule is Cc1ccc2c(c1C)NC(=O)[C@]21N2CCC[C@H]2[C@@H](C(=O)c2ccc3ccccc3c2)[C@@]12C(=O)Nc1ccccc12. The minimum Gasteiger partial charge on any atom is -0.325 e. The molecule has 0 unspecified atom stereocenters. The topological polar surface area (TPSA) is 78.5 Å². The second-order valence-corrected chi connectivity index (χ2v) is 11.7. The van der Waals surface area contributed by atoms with Crippen molar-refractivity contribution in [3.63, 3.8) is 0 Å². The first kappa shape index (κ1) is 23.6. The van der Waals surface area contributed by atoms with Gasteiger partial charge in [0.15, 0.2) is 5.78 Å². The third kappa shape index (κ3) is 2.56. The Balaban J connectivity index is 1.46. The minimum absolute atomic E-state index is 0.0866. The van der Waals surface area contributed by atoms with Crippen molar-refractivity contribution < 1.29 is 14.4 Å². The Morgan fingerprint density at radius 2 is 1.62 bits per heavy atom. The molecule has 4 aliphatic heterocycles. The molecule has 4 heterocycles. The zero-order valence-corrected chi connectivity index (χ0v) is 22.5. The average Bonchev–Trinajstić information content (AvgIpc) is 3.69. The Labute approximate surface area is 232 Å². The molecule has 8 rings (SSSR count). The lowest BCUT2D eigenvalue weighted by Gasteiger charge is -2.43. The van der Waals surface area contributed by atoms with Gasteiger partial charge in [0.2, 0.25) is 5.91 Å². The van der Waals surface area contributed by atoms with E-state index in [2.05, 4.69) is 15.5 Å². The predicted octanol–water partition coefficient (Wildman–Crippen LogP) is 5.47. The first-order valence-corrected chi connectivity index (χ1v) is 14.0. The maximum absolute atomic E-state index is 14.9. The normalized spacial score (nSPS) is 28.1. The number of hydrogen-bond acceptors (Lipinski definition) is 4. The van der Waals surface area contributed by atoms with E-state index in [1.807, 2.05) is 92.7 Å². The standard InChI is InChI=1S/C34H29N3O3/c1-19-13-16-25-29(20(19)2)36-32(40)34(25)33(24-10-5-6-11-26(24)35-31(33)39)28(27-12-7-17-37(27)34)30(38)23-15-14-21-8-3-4-9-22(21)18-23/h3-6,8-11,13-16,18,27-28H,7,12,17H2,1-2H3,(H,35,39)(H,36,40)/t27-,28-,33-,34+/m0/s1. The van der Waals surface area contributed by atoms with Crippen LogP contribution in [0.25, 0.3) is 10.8 Å². The fraction of sp³-hybridized carbons (Fsp3) is 0.265. The molecule has 2 N–H and O–H groups in total. The lowest BCUT2D eigenvalue weighted by atomic mass is 9.57. The second kappa shape index (κ2) is 7.89. The number of anilines is 2. The van der Waals surface area contributed by atoms with E-state index in [0.29, 0.717) is 17.8 Å². The summed E-state index contributed by atoms with van der Waals surface area (Å²) in [7, 11) is 0. The number of hydrogen-bond donors (Lipinski definition) is 2. The number of benzene rings is 4. The lowest BCUT2D eigenvalue weighted by molar-refractivity contribution is -0.137. The molecule has 2 spiro atoms. The summed E-state index contributed by atoms with van der Waals surface area (Å²) in [5.74, 6) is -1.32. The van der Waals surface area contributed by atoms with Gasteiger partial charge in [0.1, 0.15) is 11.0 Å². The van der Waals surface area contributed by atoms with E-state index in [1.165, 1.54) is 0 Å². The van der Waals surface area contributed by atoms with Gasteiger partial charge in [-0.05, 0) is 72.8 Å². The van der Waals surface area contributed by atoms with Crippen LogP contribution in [0.4, 0.5) is 11.4 Å². The zero-order chi connectivity index (χ0) is 27.4. The number of ketones is 1. The third-order valence-corrected chi connectivity index (χ3v) is 10.1. The smallest absolute Gasteiger partial charge is 0.251 e. The molecule has 0 bridgehead atoms. The molecule has 4 aromatic rings. The summed E-state index contributed by atoms with van der Waals surface area (Å²) >= 11 is 0. The van der Waals surface area contributed by atoms with Gasteiger partial charge in [0, 0.05) is 28.5 Å². The first-order valence-electron chi connectivity index (χ1n) is 14.0. The number of Topliss-reactive ketones (excluding diaryl/α,β-unsaturated/α-hetero) is 1. The molecule has 2 saturated heterocycles. The number of aryl methyl sites for hydroxylation is 1. The highest BCUT2D eigenvalue weighted by molar-refractivity contribution is 6.21. The number of para-hydroxylation sites is 1. The summed E-state index contributed by atoms with van der Waals surface area (Å²) in [5.41, 5.74) is 2.85. The van der Waals surface area contributed by atoms with Crippen LogP contribution in [0.2, 0.25) is 0 Å². The van der Waals surface area contributed by atoms with Gasteiger partial charge >= 0.3 is 0 Å². The predicted molar refractivity (Wildman–Crippen MR) is 154 cm³/mol. The summed E-state index contributed by atoms with van der Waals surface area (Å²) in [6, 6.07) is 25.1. The van der Waals surface area contributed by atoms with E-state index in [0.717, 1.165) is 51.6 Å². The molecular formula is C34H29N3O3. The maximum Gasteiger partial charge on any atom is 0.251 e. The lowest BCUT2D eigenvalue weighted by Crippen LogP contribution is -2.62. The molecule has 198 valence electrons. The highest BCUT2D eigenvalue weighted by atomic mass is 16.2. The highest BCUT2D eigenvalue weighted by Gasteiger charge is 2.81. The fourth-order valence-corrected chi connectivity index (χ4v) is 8.42. The number of nitrogens with one attached hydrogen (secondary N) is 2. The molecule has 2 amide bonds. The van der Waals surface area contributed by atoms with Gasteiger partial charge in [-0.25, -0.2) is 0 Å². The van der Waals surface area contributed by atoms with Crippen LogP contribution in [0, 0.1) is 19.8 Å². The molecule has 0 aliphatic carbocycles.